The van der Waals surface area contributed by atoms with Gasteiger partial charge >= 0.3 is 0 Å². The number of nitrogens with zero attached hydrogens (tertiary/aromatic N) is 1. The molecule has 0 aromatic carbocycles. The predicted molar refractivity (Wildman–Crippen MR) is 68.4 cm³/mol. The highest BCUT2D eigenvalue weighted by Crippen LogP contribution is 2.58. The van der Waals surface area contributed by atoms with E-state index in [1.165, 1.54) is 6.20 Å². The smallest absolute Gasteiger partial charge is 0.146 e. The van der Waals surface area contributed by atoms with E-state index in [0.717, 1.165) is 22.2 Å². The van der Waals surface area contributed by atoms with Crippen molar-refractivity contribution < 1.29 is 5.11 Å². The Morgan fingerprint density at radius 2 is 1.80 bits per heavy atom. The number of aromatic hydroxyl groups is 1. The second-order valence-corrected chi connectivity index (χ2v) is 8.04. The molecule has 1 heterocycles. The first kappa shape index (κ1) is 12.7. The number of hydrogen-bond acceptors (Lipinski definition) is 2. The Bertz CT molecular complexity index is 331. The highest BCUT2D eigenvalue weighted by Gasteiger charge is 2.24. The van der Waals surface area contributed by atoms with Crippen molar-refractivity contribution >= 4 is 21.6 Å². The van der Waals surface area contributed by atoms with E-state index in [9.17, 15) is 5.11 Å². The molecule has 0 aliphatic heterocycles. The third-order valence-corrected chi connectivity index (χ3v) is 7.72. The van der Waals surface area contributed by atoms with E-state index >= 15 is 0 Å². The Kier molecular flexibility index (Phi) is 4.29. The summed E-state index contributed by atoms with van der Waals surface area (Å²) in [6.45, 7) is 6.53. The molecule has 0 fully saturated rings. The van der Waals surface area contributed by atoms with Crippen LogP contribution in [-0.4, -0.2) is 27.3 Å². The second-order valence-electron chi connectivity index (χ2n) is 3.39. The molecule has 4 heteroatoms. The SMILES string of the molecule is CCS(CC)(CC)c1cc(Cl)ncc1O. The van der Waals surface area contributed by atoms with Crippen molar-refractivity contribution in [3.05, 3.63) is 17.4 Å². The molecule has 1 rings (SSSR count). The highest BCUT2D eigenvalue weighted by atomic mass is 35.5. The molecule has 0 amide bonds. The van der Waals surface area contributed by atoms with Gasteiger partial charge in [0.25, 0.3) is 0 Å². The summed E-state index contributed by atoms with van der Waals surface area (Å²) in [7, 11) is -0.917. The van der Waals surface area contributed by atoms with Crippen LogP contribution in [0, 0.1) is 0 Å². The van der Waals surface area contributed by atoms with E-state index in [1.54, 1.807) is 0 Å². The van der Waals surface area contributed by atoms with Gasteiger partial charge in [-0.1, -0.05) is 32.4 Å². The number of aromatic nitrogens is 1. The van der Waals surface area contributed by atoms with Crippen LogP contribution in [0.25, 0.3) is 0 Å². The van der Waals surface area contributed by atoms with Gasteiger partial charge in [0.05, 0.1) is 6.20 Å². The van der Waals surface area contributed by atoms with Gasteiger partial charge in [0.1, 0.15) is 10.9 Å². The molecule has 0 unspecified atom stereocenters. The van der Waals surface area contributed by atoms with Crippen molar-refractivity contribution in [1.82, 2.24) is 4.98 Å². The number of halogens is 1. The molecule has 0 aliphatic rings. The zero-order chi connectivity index (χ0) is 11.5. The first-order valence-corrected chi connectivity index (χ1v) is 7.72. The topological polar surface area (TPSA) is 33.1 Å². The van der Waals surface area contributed by atoms with Crippen molar-refractivity contribution in [2.24, 2.45) is 0 Å². The molecular weight excluding hydrogens is 230 g/mol. The van der Waals surface area contributed by atoms with Crippen LogP contribution in [-0.2, 0) is 0 Å². The third-order valence-electron chi connectivity index (χ3n) is 2.94. The fourth-order valence-corrected chi connectivity index (χ4v) is 5.07. The minimum atomic E-state index is -0.917. The van der Waals surface area contributed by atoms with Crippen LogP contribution in [0.15, 0.2) is 17.2 Å². The Morgan fingerprint density at radius 1 is 1.27 bits per heavy atom. The molecule has 1 N–H and O–H groups in total. The maximum Gasteiger partial charge on any atom is 0.146 e. The lowest BCUT2D eigenvalue weighted by Gasteiger charge is -2.38. The van der Waals surface area contributed by atoms with Crippen LogP contribution in [0.2, 0.25) is 5.15 Å². The molecule has 1 aromatic rings. The van der Waals surface area contributed by atoms with E-state index in [1.807, 2.05) is 6.07 Å². The van der Waals surface area contributed by atoms with E-state index in [-0.39, 0.29) is 0 Å². The third kappa shape index (κ3) is 2.40. The largest absolute Gasteiger partial charge is 0.505 e. The molecule has 0 bridgehead atoms. The van der Waals surface area contributed by atoms with E-state index in [4.69, 9.17) is 11.6 Å². The lowest BCUT2D eigenvalue weighted by atomic mass is 10.5. The average Bonchev–Trinajstić information content (AvgIpc) is 2.26. The summed E-state index contributed by atoms with van der Waals surface area (Å²) in [5.74, 6) is 3.52. The van der Waals surface area contributed by atoms with E-state index in [0.29, 0.717) is 10.9 Å². The summed E-state index contributed by atoms with van der Waals surface area (Å²) < 4.78 is 0. The molecular formula is C11H18ClNOS. The first-order chi connectivity index (χ1) is 7.09. The summed E-state index contributed by atoms with van der Waals surface area (Å²) in [4.78, 5) is 4.89. The van der Waals surface area contributed by atoms with Crippen molar-refractivity contribution in [2.75, 3.05) is 17.3 Å². The lowest BCUT2D eigenvalue weighted by Crippen LogP contribution is -2.09. The van der Waals surface area contributed by atoms with Crippen molar-refractivity contribution in [3.63, 3.8) is 0 Å². The van der Waals surface area contributed by atoms with Crippen molar-refractivity contribution in [3.8, 4) is 5.75 Å². The molecule has 1 aromatic heterocycles. The molecule has 15 heavy (non-hydrogen) atoms. The quantitative estimate of drug-likeness (QED) is 0.824. The monoisotopic (exact) mass is 247 g/mol. The van der Waals surface area contributed by atoms with Gasteiger partial charge in [0, 0.05) is 4.90 Å². The van der Waals surface area contributed by atoms with Crippen LogP contribution in [0.4, 0.5) is 0 Å². The van der Waals surface area contributed by atoms with Gasteiger partial charge < -0.3 is 5.11 Å². The van der Waals surface area contributed by atoms with Gasteiger partial charge in [-0.25, -0.2) is 15.0 Å². The van der Waals surface area contributed by atoms with Gasteiger partial charge in [-0.2, -0.15) is 0 Å². The number of rotatable bonds is 4. The Labute approximate surface area is 98.0 Å². The second kappa shape index (κ2) is 5.08. The van der Waals surface area contributed by atoms with Gasteiger partial charge in [-0.15, -0.1) is 0 Å². The molecule has 2 nitrogen and oxygen atoms in total. The average molecular weight is 248 g/mol. The zero-order valence-corrected chi connectivity index (χ0v) is 11.0. The Morgan fingerprint density at radius 3 is 2.27 bits per heavy atom. The highest BCUT2D eigenvalue weighted by molar-refractivity contribution is 8.33. The first-order valence-electron chi connectivity index (χ1n) is 5.20. The van der Waals surface area contributed by atoms with Gasteiger partial charge in [0.15, 0.2) is 0 Å². The summed E-state index contributed by atoms with van der Waals surface area (Å²) in [5, 5.41) is 10.3. The van der Waals surface area contributed by atoms with Gasteiger partial charge in [-0.3, -0.25) is 0 Å². The Hall–Kier alpha value is -0.410. The van der Waals surface area contributed by atoms with Crippen LogP contribution in [0.5, 0.6) is 5.75 Å². The summed E-state index contributed by atoms with van der Waals surface area (Å²) in [5.41, 5.74) is 0. The molecule has 0 saturated carbocycles. The minimum absolute atomic E-state index is 0.292. The van der Waals surface area contributed by atoms with E-state index < -0.39 is 10.0 Å². The molecule has 86 valence electrons. The zero-order valence-electron chi connectivity index (χ0n) is 9.46. The summed E-state index contributed by atoms with van der Waals surface area (Å²) in [6, 6.07) is 1.82. The molecule has 0 atom stereocenters. The maximum absolute atomic E-state index is 9.86. The van der Waals surface area contributed by atoms with Crippen LogP contribution < -0.4 is 0 Å². The maximum atomic E-state index is 9.86. The molecule has 0 aliphatic carbocycles. The summed E-state index contributed by atoms with van der Waals surface area (Å²) in [6.07, 6.45) is 1.46. The van der Waals surface area contributed by atoms with E-state index in [2.05, 4.69) is 25.8 Å². The summed E-state index contributed by atoms with van der Waals surface area (Å²) >= 11 is 5.88. The van der Waals surface area contributed by atoms with Gasteiger partial charge in [0.2, 0.25) is 0 Å². The van der Waals surface area contributed by atoms with Crippen LogP contribution in [0.3, 0.4) is 0 Å². The Balaban J connectivity index is 3.27. The fraction of sp³-hybridized carbons (Fsp3) is 0.545. The number of pyridine rings is 1. The lowest BCUT2D eigenvalue weighted by molar-refractivity contribution is 0.459. The fourth-order valence-electron chi connectivity index (χ4n) is 1.83. The predicted octanol–water partition coefficient (Wildman–Crippen LogP) is 3.66. The number of hydrogen-bond donors (Lipinski definition) is 1. The van der Waals surface area contributed by atoms with Gasteiger partial charge in [-0.05, 0) is 23.3 Å². The van der Waals surface area contributed by atoms with Crippen LogP contribution >= 0.6 is 21.6 Å². The molecule has 0 radical (unpaired) electrons. The standard InChI is InChI=1S/C11H18ClNOS/c1-4-15(5-2,6-3)10-7-11(12)13-8-9(10)14/h7-8,14H,4-6H2,1-3H3. The molecule has 0 saturated heterocycles. The van der Waals surface area contributed by atoms with Crippen LogP contribution in [0.1, 0.15) is 20.8 Å². The van der Waals surface area contributed by atoms with Crippen molar-refractivity contribution in [1.29, 1.82) is 0 Å². The molecule has 0 spiro atoms. The minimum Gasteiger partial charge on any atom is -0.505 e. The van der Waals surface area contributed by atoms with Crippen molar-refractivity contribution in [2.45, 2.75) is 25.7 Å². The normalized spacial score (nSPS) is 12.8.